The molecule has 9 nitrogen and oxygen atoms in total. The molecule has 1 heterocycles. The van der Waals surface area contributed by atoms with E-state index in [9.17, 15) is 18.0 Å². The van der Waals surface area contributed by atoms with Gasteiger partial charge in [-0.05, 0) is 24.1 Å². The summed E-state index contributed by atoms with van der Waals surface area (Å²) in [7, 11) is 0.391. The molecule has 0 saturated carbocycles. The second-order valence-electron chi connectivity index (χ2n) is 7.65. The van der Waals surface area contributed by atoms with Crippen molar-refractivity contribution < 1.29 is 22.7 Å². The van der Waals surface area contributed by atoms with E-state index in [-0.39, 0.29) is 19.0 Å². The van der Waals surface area contributed by atoms with Gasteiger partial charge in [0.25, 0.3) is 16.1 Å². The number of benzene rings is 2. The van der Waals surface area contributed by atoms with E-state index in [4.69, 9.17) is 4.74 Å². The lowest BCUT2D eigenvalue weighted by Crippen LogP contribution is -2.53. The van der Waals surface area contributed by atoms with Crippen LogP contribution in [0.2, 0.25) is 0 Å². The highest BCUT2D eigenvalue weighted by molar-refractivity contribution is 7.86. The Labute approximate surface area is 188 Å². The molecule has 1 aliphatic rings. The van der Waals surface area contributed by atoms with E-state index in [1.807, 2.05) is 30.3 Å². The molecule has 2 amide bonds. The number of nitrogens with zero attached hydrogens (tertiary/aromatic N) is 3. The van der Waals surface area contributed by atoms with E-state index in [0.717, 1.165) is 14.2 Å². The quantitative estimate of drug-likeness (QED) is 0.631. The average Bonchev–Trinajstić information content (AvgIpc) is 2.78. The predicted octanol–water partition coefficient (Wildman–Crippen LogP) is 0.878. The highest BCUT2D eigenvalue weighted by Gasteiger charge is 2.35. The molecular weight excluding hydrogens is 432 g/mol. The second-order valence-corrected chi connectivity index (χ2v) is 9.90. The number of hydrogen-bond acceptors (Lipinski definition) is 5. The zero-order valence-electron chi connectivity index (χ0n) is 18.4. The monoisotopic (exact) mass is 460 g/mol. The van der Waals surface area contributed by atoms with E-state index in [1.165, 1.54) is 26.0 Å². The molecule has 0 aliphatic carbocycles. The molecule has 2 aromatic carbocycles. The van der Waals surface area contributed by atoms with E-state index in [2.05, 4.69) is 5.32 Å². The maximum Gasteiger partial charge on any atom is 0.281 e. The Bertz CT molecular complexity index is 1060. The van der Waals surface area contributed by atoms with Gasteiger partial charge in [-0.3, -0.25) is 9.59 Å². The van der Waals surface area contributed by atoms with E-state index < -0.39 is 22.2 Å². The van der Waals surface area contributed by atoms with Crippen LogP contribution >= 0.6 is 0 Å². The maximum atomic E-state index is 13.0. The number of carbonyl (C=O) groups is 2. The molecule has 1 atom stereocenters. The van der Waals surface area contributed by atoms with E-state index in [0.29, 0.717) is 24.4 Å². The summed E-state index contributed by atoms with van der Waals surface area (Å²) in [6, 6.07) is 16.7. The predicted molar refractivity (Wildman–Crippen MR) is 122 cm³/mol. The third-order valence-corrected chi connectivity index (χ3v) is 6.98. The maximum absolute atomic E-state index is 13.0. The summed E-state index contributed by atoms with van der Waals surface area (Å²) in [4.78, 5) is 27.2. The first kappa shape index (κ1) is 23.7. The largest absolute Gasteiger partial charge is 0.477 e. The number of likely N-dealkylation sites (N-methyl/N-ethyl adjacent to an activating group) is 1. The van der Waals surface area contributed by atoms with Crippen LogP contribution in [0.3, 0.4) is 0 Å². The zero-order chi connectivity index (χ0) is 23.3. The Morgan fingerprint density at radius 1 is 1.06 bits per heavy atom. The molecule has 10 heteroatoms. The van der Waals surface area contributed by atoms with Gasteiger partial charge in [-0.1, -0.05) is 42.5 Å². The number of nitrogens with one attached hydrogen (secondary N) is 1. The zero-order valence-corrected chi connectivity index (χ0v) is 19.2. The van der Waals surface area contributed by atoms with Crippen molar-refractivity contribution in [3.63, 3.8) is 0 Å². The van der Waals surface area contributed by atoms with Crippen molar-refractivity contribution in [2.24, 2.45) is 0 Å². The van der Waals surface area contributed by atoms with Gasteiger partial charge in [0.05, 0.1) is 18.8 Å². The van der Waals surface area contributed by atoms with Crippen molar-refractivity contribution in [3.8, 4) is 5.75 Å². The summed E-state index contributed by atoms with van der Waals surface area (Å²) in [5, 5.41) is 2.86. The molecule has 1 unspecified atom stereocenters. The van der Waals surface area contributed by atoms with Crippen LogP contribution in [-0.4, -0.2) is 75.7 Å². The number of fused-ring (bicyclic) bond motifs is 1. The van der Waals surface area contributed by atoms with Crippen LogP contribution < -0.4 is 15.0 Å². The molecule has 0 saturated heterocycles. The molecule has 0 spiro atoms. The first-order chi connectivity index (χ1) is 15.2. The second kappa shape index (κ2) is 10.1. The van der Waals surface area contributed by atoms with Gasteiger partial charge < -0.3 is 15.0 Å². The van der Waals surface area contributed by atoms with Crippen LogP contribution in [0.1, 0.15) is 5.56 Å². The Balaban J connectivity index is 1.69. The molecule has 1 aliphatic heterocycles. The number of para-hydroxylation sites is 2. The van der Waals surface area contributed by atoms with Crippen molar-refractivity contribution in [2.45, 2.75) is 12.5 Å². The van der Waals surface area contributed by atoms with Gasteiger partial charge in [0, 0.05) is 27.7 Å². The number of ether oxygens (including phenoxy) is 1. The van der Waals surface area contributed by atoms with E-state index >= 15 is 0 Å². The first-order valence-corrected chi connectivity index (χ1v) is 11.6. The summed E-state index contributed by atoms with van der Waals surface area (Å²) in [6.07, 6.45) is -0.230. The van der Waals surface area contributed by atoms with Gasteiger partial charge in [0.1, 0.15) is 5.75 Å². The Hall–Kier alpha value is -2.95. The molecule has 3 rings (SSSR count). The molecule has 0 fully saturated rings. The first-order valence-electron chi connectivity index (χ1n) is 10.2. The SMILES string of the molecule is CN(C)S(=O)(=O)N(C)CC(=O)N1CC(C(=O)NCCc2ccccc2)Oc2ccccc21. The Morgan fingerprint density at radius 2 is 1.72 bits per heavy atom. The van der Waals surface area contributed by atoms with Crippen LogP contribution in [0.4, 0.5) is 5.69 Å². The molecule has 0 radical (unpaired) electrons. The lowest BCUT2D eigenvalue weighted by Gasteiger charge is -2.35. The summed E-state index contributed by atoms with van der Waals surface area (Å²) in [5.74, 6) is -0.383. The van der Waals surface area contributed by atoms with Crippen molar-refractivity contribution in [1.29, 1.82) is 0 Å². The Morgan fingerprint density at radius 3 is 2.41 bits per heavy atom. The van der Waals surface area contributed by atoms with Crippen molar-refractivity contribution in [2.75, 3.05) is 45.7 Å². The van der Waals surface area contributed by atoms with Gasteiger partial charge >= 0.3 is 0 Å². The standard InChI is InChI=1S/C22H28N4O5S/c1-24(2)32(29,30)25(3)16-21(27)26-15-20(31-19-12-8-7-11-18(19)26)22(28)23-14-13-17-9-5-4-6-10-17/h4-12,20H,13-16H2,1-3H3,(H,23,28). The van der Waals surface area contributed by atoms with Crippen molar-refractivity contribution in [3.05, 3.63) is 60.2 Å². The smallest absolute Gasteiger partial charge is 0.281 e. The number of anilines is 1. The van der Waals surface area contributed by atoms with E-state index in [1.54, 1.807) is 24.3 Å². The molecule has 32 heavy (non-hydrogen) atoms. The van der Waals surface area contributed by atoms with Crippen molar-refractivity contribution >= 4 is 27.7 Å². The highest BCUT2D eigenvalue weighted by Crippen LogP contribution is 2.33. The number of rotatable bonds is 8. The third kappa shape index (κ3) is 5.45. The molecular formula is C22H28N4O5S. The minimum atomic E-state index is -3.75. The average molecular weight is 461 g/mol. The number of amides is 2. The molecule has 2 aromatic rings. The molecule has 172 valence electrons. The van der Waals surface area contributed by atoms with Gasteiger partial charge in [-0.15, -0.1) is 0 Å². The summed E-state index contributed by atoms with van der Waals surface area (Å²) in [6.45, 7) is 0.0577. The summed E-state index contributed by atoms with van der Waals surface area (Å²) in [5.41, 5.74) is 1.60. The molecule has 0 bridgehead atoms. The molecule has 0 aromatic heterocycles. The lowest BCUT2D eigenvalue weighted by molar-refractivity contribution is -0.128. The number of hydrogen-bond donors (Lipinski definition) is 1. The minimum Gasteiger partial charge on any atom is -0.477 e. The van der Waals surface area contributed by atoms with Crippen molar-refractivity contribution in [1.82, 2.24) is 13.9 Å². The fourth-order valence-corrected chi connectivity index (χ4v) is 4.16. The van der Waals surface area contributed by atoms with Gasteiger partial charge in [-0.25, -0.2) is 0 Å². The van der Waals surface area contributed by atoms with Gasteiger partial charge in [0.2, 0.25) is 5.91 Å². The summed E-state index contributed by atoms with van der Waals surface area (Å²) < 4.78 is 32.4. The van der Waals surface area contributed by atoms with Crippen LogP contribution in [0, 0.1) is 0 Å². The topological polar surface area (TPSA) is 99.3 Å². The van der Waals surface area contributed by atoms with Crippen LogP contribution in [0.15, 0.2) is 54.6 Å². The molecule has 1 N–H and O–H groups in total. The minimum absolute atomic E-state index is 0.0110. The summed E-state index contributed by atoms with van der Waals surface area (Å²) >= 11 is 0. The lowest BCUT2D eigenvalue weighted by atomic mass is 10.1. The highest BCUT2D eigenvalue weighted by atomic mass is 32.2. The third-order valence-electron chi connectivity index (χ3n) is 5.14. The van der Waals surface area contributed by atoms with Crippen LogP contribution in [0.25, 0.3) is 0 Å². The van der Waals surface area contributed by atoms with Crippen LogP contribution in [0.5, 0.6) is 5.75 Å². The fourth-order valence-electron chi connectivity index (χ4n) is 3.33. The fraction of sp³-hybridized carbons (Fsp3) is 0.364. The van der Waals surface area contributed by atoms with Gasteiger partial charge in [0.15, 0.2) is 6.10 Å². The Kier molecular flexibility index (Phi) is 7.49. The van der Waals surface area contributed by atoms with Gasteiger partial charge in [-0.2, -0.15) is 17.0 Å². The normalized spacial score (nSPS) is 15.9. The van der Waals surface area contributed by atoms with Crippen LogP contribution in [-0.2, 0) is 26.2 Å². The number of carbonyl (C=O) groups excluding carboxylic acids is 2.